The molecule has 20 heavy (non-hydrogen) atoms. The fourth-order valence-corrected chi connectivity index (χ4v) is 2.60. The van der Waals surface area contributed by atoms with Crippen molar-refractivity contribution in [3.8, 4) is 11.8 Å². The summed E-state index contributed by atoms with van der Waals surface area (Å²) in [6, 6.07) is 0. The molecule has 0 rings (SSSR count). The summed E-state index contributed by atoms with van der Waals surface area (Å²) >= 11 is 0. The highest BCUT2D eigenvalue weighted by atomic mass is 28.4. The van der Waals surface area contributed by atoms with Gasteiger partial charge < -0.3 is 4.43 Å². The van der Waals surface area contributed by atoms with E-state index >= 15 is 0 Å². The molecule has 0 amide bonds. The Morgan fingerprint density at radius 2 is 1.60 bits per heavy atom. The molecule has 0 aromatic rings. The van der Waals surface area contributed by atoms with Gasteiger partial charge in [-0.05, 0) is 50.7 Å². The molecule has 0 aliphatic rings. The van der Waals surface area contributed by atoms with Crippen molar-refractivity contribution in [3.05, 3.63) is 12.2 Å². The second-order valence-corrected chi connectivity index (χ2v) is 11.7. The highest BCUT2D eigenvalue weighted by molar-refractivity contribution is 6.74. The molecule has 0 saturated heterocycles. The van der Waals surface area contributed by atoms with Crippen LogP contribution < -0.4 is 0 Å². The van der Waals surface area contributed by atoms with Crippen molar-refractivity contribution in [2.24, 2.45) is 0 Å². The standard InChI is InChI=1S/C18H34OSi/c1-7-8-9-10-11-12-13-14-15-16-17-19-20(5,6)18(2,3)4/h7-8H,9-11,14-17H2,1-6H3/b8-7+. The maximum Gasteiger partial charge on any atom is 0.191 e. The summed E-state index contributed by atoms with van der Waals surface area (Å²) in [6.07, 6.45) is 11.0. The molecule has 0 aromatic carbocycles. The summed E-state index contributed by atoms with van der Waals surface area (Å²) in [6.45, 7) is 14.5. The first-order valence-corrected chi connectivity index (χ1v) is 10.9. The number of hydrogen-bond donors (Lipinski definition) is 0. The van der Waals surface area contributed by atoms with E-state index in [1.807, 2.05) is 0 Å². The molecule has 0 N–H and O–H groups in total. The van der Waals surface area contributed by atoms with Gasteiger partial charge in [0.2, 0.25) is 0 Å². The SMILES string of the molecule is C/C=C/CCCC#CCCCCO[Si](C)(C)C(C)(C)C. The van der Waals surface area contributed by atoms with Gasteiger partial charge in [-0.1, -0.05) is 32.9 Å². The van der Waals surface area contributed by atoms with Crippen molar-refractivity contribution in [3.63, 3.8) is 0 Å². The summed E-state index contributed by atoms with van der Waals surface area (Å²) in [5.74, 6) is 6.53. The van der Waals surface area contributed by atoms with Gasteiger partial charge in [0.1, 0.15) is 0 Å². The normalized spacial score (nSPS) is 12.5. The van der Waals surface area contributed by atoms with Crippen LogP contribution in [0.15, 0.2) is 12.2 Å². The summed E-state index contributed by atoms with van der Waals surface area (Å²) in [4.78, 5) is 0. The molecule has 0 fully saturated rings. The van der Waals surface area contributed by atoms with Gasteiger partial charge in [-0.2, -0.15) is 0 Å². The van der Waals surface area contributed by atoms with E-state index in [2.05, 4.69) is 64.8 Å². The van der Waals surface area contributed by atoms with Gasteiger partial charge in [0.25, 0.3) is 0 Å². The van der Waals surface area contributed by atoms with Crippen molar-refractivity contribution in [2.75, 3.05) is 6.61 Å². The molecule has 116 valence electrons. The van der Waals surface area contributed by atoms with E-state index in [0.717, 1.165) is 38.7 Å². The molecule has 0 unspecified atom stereocenters. The third-order valence-electron chi connectivity index (χ3n) is 4.00. The lowest BCUT2D eigenvalue weighted by Gasteiger charge is -2.36. The van der Waals surface area contributed by atoms with E-state index in [4.69, 9.17) is 4.43 Å². The Morgan fingerprint density at radius 3 is 2.15 bits per heavy atom. The fourth-order valence-electron chi connectivity index (χ4n) is 1.51. The van der Waals surface area contributed by atoms with Crippen LogP contribution in [0.5, 0.6) is 0 Å². The quantitative estimate of drug-likeness (QED) is 0.233. The second kappa shape index (κ2) is 10.2. The Labute approximate surface area is 128 Å². The highest BCUT2D eigenvalue weighted by Crippen LogP contribution is 2.36. The third kappa shape index (κ3) is 9.39. The largest absolute Gasteiger partial charge is 0.417 e. The predicted octanol–water partition coefficient (Wildman–Crippen LogP) is 5.93. The Morgan fingerprint density at radius 1 is 1.00 bits per heavy atom. The molecular weight excluding hydrogens is 260 g/mol. The molecular formula is C18H34OSi. The minimum Gasteiger partial charge on any atom is -0.417 e. The minimum atomic E-state index is -1.54. The van der Waals surface area contributed by atoms with Crippen molar-refractivity contribution in [1.29, 1.82) is 0 Å². The van der Waals surface area contributed by atoms with Crippen LogP contribution in [0.1, 0.15) is 66.2 Å². The van der Waals surface area contributed by atoms with E-state index < -0.39 is 8.32 Å². The molecule has 0 aliphatic heterocycles. The number of hydrogen-bond acceptors (Lipinski definition) is 1. The second-order valence-electron chi connectivity index (χ2n) is 6.88. The Bertz CT molecular complexity index is 326. The lowest BCUT2D eigenvalue weighted by atomic mass is 10.2. The summed E-state index contributed by atoms with van der Waals surface area (Å²) in [5, 5.41) is 0.319. The van der Waals surface area contributed by atoms with E-state index in [1.54, 1.807) is 0 Å². The summed E-state index contributed by atoms with van der Waals surface area (Å²) in [5.41, 5.74) is 0. The van der Waals surface area contributed by atoms with Crippen LogP contribution in [0.4, 0.5) is 0 Å². The molecule has 0 aliphatic carbocycles. The average molecular weight is 295 g/mol. The molecule has 0 spiro atoms. The molecule has 0 aromatic heterocycles. The molecule has 2 heteroatoms. The van der Waals surface area contributed by atoms with E-state index in [0.29, 0.717) is 5.04 Å². The first kappa shape index (κ1) is 19.5. The average Bonchev–Trinajstić information content (AvgIpc) is 2.34. The first-order valence-electron chi connectivity index (χ1n) is 8.02. The van der Waals surface area contributed by atoms with Crippen LogP contribution in [-0.2, 0) is 4.43 Å². The Balaban J connectivity index is 3.57. The van der Waals surface area contributed by atoms with Gasteiger partial charge in [0.05, 0.1) is 0 Å². The molecule has 0 heterocycles. The van der Waals surface area contributed by atoms with Crippen molar-refractivity contribution in [2.45, 2.75) is 84.4 Å². The lowest BCUT2D eigenvalue weighted by Crippen LogP contribution is -2.40. The summed E-state index contributed by atoms with van der Waals surface area (Å²) in [7, 11) is -1.54. The number of rotatable bonds is 8. The van der Waals surface area contributed by atoms with Gasteiger partial charge in [-0.25, -0.2) is 0 Å². The zero-order valence-electron chi connectivity index (χ0n) is 14.5. The van der Waals surface area contributed by atoms with Gasteiger partial charge in [0, 0.05) is 19.4 Å². The van der Waals surface area contributed by atoms with E-state index in [9.17, 15) is 0 Å². The first-order chi connectivity index (χ1) is 9.31. The summed E-state index contributed by atoms with van der Waals surface area (Å²) < 4.78 is 6.15. The Kier molecular flexibility index (Phi) is 9.97. The minimum absolute atomic E-state index is 0.319. The zero-order valence-corrected chi connectivity index (χ0v) is 15.5. The third-order valence-corrected chi connectivity index (χ3v) is 8.54. The maximum atomic E-state index is 6.15. The van der Waals surface area contributed by atoms with Crippen molar-refractivity contribution in [1.82, 2.24) is 0 Å². The fraction of sp³-hybridized carbons (Fsp3) is 0.778. The van der Waals surface area contributed by atoms with Crippen LogP contribution in [0.25, 0.3) is 0 Å². The topological polar surface area (TPSA) is 9.23 Å². The number of unbranched alkanes of at least 4 members (excludes halogenated alkanes) is 4. The van der Waals surface area contributed by atoms with Crippen LogP contribution in [0.2, 0.25) is 18.1 Å². The van der Waals surface area contributed by atoms with E-state index in [1.165, 1.54) is 6.42 Å². The molecule has 0 saturated carbocycles. The predicted molar refractivity (Wildman–Crippen MR) is 93.4 cm³/mol. The van der Waals surface area contributed by atoms with Crippen LogP contribution >= 0.6 is 0 Å². The van der Waals surface area contributed by atoms with Gasteiger partial charge in [-0.15, -0.1) is 11.8 Å². The van der Waals surface area contributed by atoms with E-state index in [-0.39, 0.29) is 0 Å². The van der Waals surface area contributed by atoms with Crippen LogP contribution in [0.3, 0.4) is 0 Å². The maximum absolute atomic E-state index is 6.15. The van der Waals surface area contributed by atoms with Gasteiger partial charge >= 0.3 is 0 Å². The Hall–Kier alpha value is -0.523. The van der Waals surface area contributed by atoms with Crippen molar-refractivity contribution >= 4 is 8.32 Å². The lowest BCUT2D eigenvalue weighted by molar-refractivity contribution is 0.280. The monoisotopic (exact) mass is 294 g/mol. The molecule has 0 bridgehead atoms. The van der Waals surface area contributed by atoms with Crippen molar-refractivity contribution < 1.29 is 4.43 Å². The molecule has 0 radical (unpaired) electrons. The van der Waals surface area contributed by atoms with Gasteiger partial charge in [-0.3, -0.25) is 0 Å². The van der Waals surface area contributed by atoms with Crippen LogP contribution in [0, 0.1) is 11.8 Å². The smallest absolute Gasteiger partial charge is 0.191 e. The highest BCUT2D eigenvalue weighted by Gasteiger charge is 2.36. The van der Waals surface area contributed by atoms with Crippen LogP contribution in [-0.4, -0.2) is 14.9 Å². The van der Waals surface area contributed by atoms with Gasteiger partial charge in [0.15, 0.2) is 8.32 Å². The number of allylic oxidation sites excluding steroid dienone is 2. The zero-order chi connectivity index (χ0) is 15.5. The molecule has 1 nitrogen and oxygen atoms in total. The molecule has 0 atom stereocenters.